The van der Waals surface area contributed by atoms with Crippen LogP contribution in [-0.2, 0) is 5.67 Å². The van der Waals surface area contributed by atoms with Crippen LogP contribution in [-0.4, -0.2) is 19.4 Å². The van der Waals surface area contributed by atoms with Gasteiger partial charge in [-0.25, -0.2) is 4.39 Å². The average Bonchev–Trinajstić information content (AvgIpc) is 2.24. The number of hydrogen-bond donors (Lipinski definition) is 1. The molecule has 0 fully saturated rings. The number of benzene rings is 1. The Kier molecular flexibility index (Phi) is 4.41. The van der Waals surface area contributed by atoms with E-state index in [0.29, 0.717) is 0 Å². The predicted molar refractivity (Wildman–Crippen MR) is 60.9 cm³/mol. The van der Waals surface area contributed by atoms with Crippen LogP contribution in [0.5, 0.6) is 0 Å². The first kappa shape index (κ1) is 17.2. The fraction of sp³-hybridized carbons (Fsp3) is 0.400. The maximum atomic E-state index is 13.7. The van der Waals surface area contributed by atoms with Crippen LogP contribution < -0.4 is 5.32 Å². The smallest absolute Gasteiger partial charge is 0.386 e. The Morgan fingerprint density at radius 3 is 1.45 bits per heavy atom. The summed E-state index contributed by atoms with van der Waals surface area (Å²) in [5.74, 6) is 0. The molecule has 1 N–H and O–H groups in total. The Balaban J connectivity index is 3.61. The summed E-state index contributed by atoms with van der Waals surface area (Å²) < 4.78 is 89.0. The molecule has 1 nitrogen and oxygen atoms in total. The van der Waals surface area contributed by atoms with Crippen molar-refractivity contribution >= 4 is 28.9 Å². The van der Waals surface area contributed by atoms with Crippen molar-refractivity contribution in [1.29, 1.82) is 0 Å². The van der Waals surface area contributed by atoms with Crippen molar-refractivity contribution in [2.75, 3.05) is 12.4 Å². The van der Waals surface area contributed by atoms with Crippen molar-refractivity contribution in [2.24, 2.45) is 0 Å². The maximum absolute atomic E-state index is 13.7. The van der Waals surface area contributed by atoms with Crippen molar-refractivity contribution < 1.29 is 30.7 Å². The first-order chi connectivity index (χ1) is 8.86. The normalized spacial score (nSPS) is 13.5. The standard InChI is InChI=1S/C10H6Cl2F7N/c1-20-7-5(11)2-4(3-6(7)12)8(13,9(14,15)16)10(17,18)19/h2-3,20H,1H3. The fourth-order valence-corrected chi connectivity index (χ4v) is 2.17. The van der Waals surface area contributed by atoms with Gasteiger partial charge < -0.3 is 5.32 Å². The number of anilines is 1. The topological polar surface area (TPSA) is 12.0 Å². The van der Waals surface area contributed by atoms with Crippen LogP contribution in [0.25, 0.3) is 0 Å². The van der Waals surface area contributed by atoms with Crippen molar-refractivity contribution in [1.82, 2.24) is 0 Å². The van der Waals surface area contributed by atoms with Gasteiger partial charge in [0.05, 0.1) is 15.7 Å². The fourth-order valence-electron chi connectivity index (χ4n) is 1.50. The van der Waals surface area contributed by atoms with Gasteiger partial charge in [-0.1, -0.05) is 23.2 Å². The number of nitrogens with one attached hydrogen (secondary N) is 1. The summed E-state index contributed by atoms with van der Waals surface area (Å²) >= 11 is 11.0. The Hall–Kier alpha value is -0.890. The molecule has 0 heterocycles. The van der Waals surface area contributed by atoms with E-state index in [4.69, 9.17) is 23.2 Å². The van der Waals surface area contributed by atoms with Crippen molar-refractivity contribution in [2.45, 2.75) is 18.0 Å². The van der Waals surface area contributed by atoms with E-state index in [1.165, 1.54) is 7.05 Å². The molecule has 0 unspecified atom stereocenters. The molecule has 1 rings (SSSR count). The third kappa shape index (κ3) is 2.63. The molecular weight excluding hydrogens is 338 g/mol. The molecule has 0 amide bonds. The molecule has 0 aliphatic heterocycles. The Morgan fingerprint density at radius 1 is 0.850 bits per heavy atom. The third-order valence-electron chi connectivity index (χ3n) is 2.47. The number of hydrogen-bond acceptors (Lipinski definition) is 1. The van der Waals surface area contributed by atoms with Gasteiger partial charge in [0, 0.05) is 12.6 Å². The van der Waals surface area contributed by atoms with Gasteiger partial charge in [-0.3, -0.25) is 0 Å². The van der Waals surface area contributed by atoms with E-state index in [9.17, 15) is 30.7 Å². The highest BCUT2D eigenvalue weighted by atomic mass is 35.5. The van der Waals surface area contributed by atoms with Gasteiger partial charge in [-0.15, -0.1) is 0 Å². The van der Waals surface area contributed by atoms with Crippen LogP contribution in [0.1, 0.15) is 5.56 Å². The van der Waals surface area contributed by atoms with Crippen molar-refractivity contribution in [3.8, 4) is 0 Å². The molecule has 1 aromatic carbocycles. The molecular formula is C10H6Cl2F7N. The molecule has 0 spiro atoms. The molecule has 0 saturated carbocycles. The minimum atomic E-state index is -6.21. The quantitative estimate of drug-likeness (QED) is 0.716. The SMILES string of the molecule is CNc1c(Cl)cc(C(F)(C(F)(F)F)C(F)(F)F)cc1Cl. The Bertz CT molecular complexity index is 472. The lowest BCUT2D eigenvalue weighted by Crippen LogP contribution is -2.50. The molecule has 0 aliphatic rings. The van der Waals surface area contributed by atoms with Crippen molar-refractivity contribution in [3.63, 3.8) is 0 Å². The Labute approximate surface area is 118 Å². The van der Waals surface area contributed by atoms with E-state index in [0.717, 1.165) is 0 Å². The number of halogens is 9. The second-order valence-corrected chi connectivity index (χ2v) is 4.53. The van der Waals surface area contributed by atoms with Gasteiger partial charge in [0.1, 0.15) is 0 Å². The van der Waals surface area contributed by atoms with Crippen LogP contribution in [0.3, 0.4) is 0 Å². The largest absolute Gasteiger partial charge is 0.435 e. The zero-order valence-corrected chi connectivity index (χ0v) is 11.1. The van der Waals surface area contributed by atoms with Crippen LogP contribution in [0, 0.1) is 0 Å². The number of alkyl halides is 7. The second-order valence-electron chi connectivity index (χ2n) is 3.72. The summed E-state index contributed by atoms with van der Waals surface area (Å²) in [6.45, 7) is 0. The summed E-state index contributed by atoms with van der Waals surface area (Å²) in [4.78, 5) is 0. The van der Waals surface area contributed by atoms with Gasteiger partial charge in [-0.2, -0.15) is 26.3 Å². The lowest BCUT2D eigenvalue weighted by molar-refractivity contribution is -0.348. The summed E-state index contributed by atoms with van der Waals surface area (Å²) in [5, 5.41) is 1.24. The van der Waals surface area contributed by atoms with Gasteiger partial charge in [0.25, 0.3) is 0 Å². The molecule has 0 aromatic heterocycles. The minimum Gasteiger partial charge on any atom is -0.386 e. The van der Waals surface area contributed by atoms with E-state index in [1.807, 2.05) is 0 Å². The molecule has 0 bridgehead atoms. The van der Waals surface area contributed by atoms with Gasteiger partial charge in [-0.05, 0) is 12.1 Å². The highest BCUT2D eigenvalue weighted by molar-refractivity contribution is 6.39. The van der Waals surface area contributed by atoms with Crippen LogP contribution in [0.2, 0.25) is 10.0 Å². The van der Waals surface area contributed by atoms with E-state index in [-0.39, 0.29) is 17.8 Å². The lowest BCUT2D eigenvalue weighted by atomic mass is 9.94. The van der Waals surface area contributed by atoms with E-state index >= 15 is 0 Å². The first-order valence-corrected chi connectivity index (χ1v) is 5.61. The van der Waals surface area contributed by atoms with Gasteiger partial charge in [0.2, 0.25) is 0 Å². The molecule has 0 atom stereocenters. The van der Waals surface area contributed by atoms with E-state index in [2.05, 4.69) is 5.32 Å². The summed E-state index contributed by atoms with van der Waals surface area (Å²) in [5.41, 5.74) is -7.39. The maximum Gasteiger partial charge on any atom is 0.435 e. The Morgan fingerprint density at radius 2 is 1.20 bits per heavy atom. The predicted octanol–water partition coefficient (Wildman–Crippen LogP) is 5.32. The molecule has 0 aliphatic carbocycles. The monoisotopic (exact) mass is 343 g/mol. The van der Waals surface area contributed by atoms with E-state index in [1.54, 1.807) is 0 Å². The summed E-state index contributed by atoms with van der Waals surface area (Å²) in [6.07, 6.45) is -12.4. The summed E-state index contributed by atoms with van der Waals surface area (Å²) in [6, 6.07) is 0.473. The minimum absolute atomic E-state index is 0.108. The number of rotatable bonds is 2. The molecule has 0 saturated heterocycles. The zero-order valence-electron chi connectivity index (χ0n) is 9.56. The third-order valence-corrected chi connectivity index (χ3v) is 3.07. The highest BCUT2D eigenvalue weighted by Gasteiger charge is 2.73. The molecule has 0 radical (unpaired) electrons. The molecule has 10 heteroatoms. The molecule has 1 aromatic rings. The lowest BCUT2D eigenvalue weighted by Gasteiger charge is -2.30. The second kappa shape index (κ2) is 5.14. The van der Waals surface area contributed by atoms with Crippen LogP contribution in [0.15, 0.2) is 12.1 Å². The van der Waals surface area contributed by atoms with E-state index < -0.39 is 33.6 Å². The van der Waals surface area contributed by atoms with Crippen molar-refractivity contribution in [3.05, 3.63) is 27.7 Å². The van der Waals surface area contributed by atoms with Crippen LogP contribution in [0.4, 0.5) is 36.4 Å². The zero-order chi connectivity index (χ0) is 15.9. The van der Waals surface area contributed by atoms with Gasteiger partial charge >= 0.3 is 18.0 Å². The summed E-state index contributed by atoms with van der Waals surface area (Å²) in [7, 11) is 1.29. The van der Waals surface area contributed by atoms with Gasteiger partial charge in [0.15, 0.2) is 0 Å². The molecule has 114 valence electrons. The highest BCUT2D eigenvalue weighted by Crippen LogP contribution is 2.54. The average molecular weight is 344 g/mol. The van der Waals surface area contributed by atoms with Crippen LogP contribution >= 0.6 is 23.2 Å². The molecule has 20 heavy (non-hydrogen) atoms. The first-order valence-electron chi connectivity index (χ1n) is 4.86.